The number of nitro groups is 1. The maximum Gasteiger partial charge on any atom is 0.311 e. The van der Waals surface area contributed by atoms with E-state index >= 15 is 0 Å². The third-order valence-electron chi connectivity index (χ3n) is 3.47. The number of hydrogen-bond donors (Lipinski definition) is 0. The van der Waals surface area contributed by atoms with E-state index in [4.69, 9.17) is 9.47 Å². The van der Waals surface area contributed by atoms with Crippen molar-refractivity contribution in [1.82, 2.24) is 9.78 Å². The first-order valence-electron chi connectivity index (χ1n) is 6.52. The number of aromatic nitrogens is 2. The van der Waals surface area contributed by atoms with Crippen molar-refractivity contribution in [2.24, 2.45) is 0 Å². The van der Waals surface area contributed by atoms with E-state index in [-0.39, 0.29) is 17.7 Å². The Bertz CT molecular complexity index is 646. The number of nitrogens with zero attached hydrogens (tertiary/aromatic N) is 3. The minimum Gasteiger partial charge on any atom is -0.490 e. The average molecular weight is 277 g/mol. The number of fused-ring (bicyclic) bond motifs is 1. The van der Waals surface area contributed by atoms with E-state index in [0.29, 0.717) is 10.9 Å². The van der Waals surface area contributed by atoms with Crippen LogP contribution in [0, 0.1) is 10.1 Å². The third kappa shape index (κ3) is 2.20. The summed E-state index contributed by atoms with van der Waals surface area (Å²) in [6.07, 6.45) is 4.78. The Morgan fingerprint density at radius 3 is 3.00 bits per heavy atom. The highest BCUT2D eigenvalue weighted by Gasteiger charge is 2.20. The Labute approximate surface area is 115 Å². The Kier molecular flexibility index (Phi) is 3.27. The first-order valence-corrected chi connectivity index (χ1v) is 6.52. The van der Waals surface area contributed by atoms with Crippen LogP contribution in [0.1, 0.15) is 25.5 Å². The van der Waals surface area contributed by atoms with Gasteiger partial charge in [0.05, 0.1) is 17.5 Å². The topological polar surface area (TPSA) is 79.4 Å². The molecule has 7 heteroatoms. The average Bonchev–Trinajstić information content (AvgIpc) is 2.89. The Balaban J connectivity index is 2.03. The zero-order valence-electron chi connectivity index (χ0n) is 11.1. The van der Waals surface area contributed by atoms with Crippen LogP contribution in [0.15, 0.2) is 18.3 Å². The molecule has 0 amide bonds. The van der Waals surface area contributed by atoms with Crippen LogP contribution in [0.3, 0.4) is 0 Å². The van der Waals surface area contributed by atoms with Gasteiger partial charge in [0.2, 0.25) is 0 Å². The van der Waals surface area contributed by atoms with Gasteiger partial charge in [0.25, 0.3) is 0 Å². The molecule has 1 aliphatic heterocycles. The number of ether oxygens (including phenoxy) is 2. The monoisotopic (exact) mass is 277 g/mol. The molecule has 0 aliphatic carbocycles. The standard InChI is InChI=1S/C13H15N3O4/c1-19-12-7-10-9(6-11(12)16(17)18)8-15(14-10)13-4-2-3-5-20-13/h6-8,13H,2-5H2,1H3. The van der Waals surface area contributed by atoms with Crippen molar-refractivity contribution in [3.63, 3.8) is 0 Å². The Morgan fingerprint density at radius 2 is 2.35 bits per heavy atom. The minimum atomic E-state index is -0.452. The van der Waals surface area contributed by atoms with Crippen molar-refractivity contribution in [2.75, 3.05) is 13.7 Å². The number of hydrogen-bond acceptors (Lipinski definition) is 5. The van der Waals surface area contributed by atoms with Crippen molar-refractivity contribution >= 4 is 16.6 Å². The van der Waals surface area contributed by atoms with Gasteiger partial charge in [-0.1, -0.05) is 0 Å². The van der Waals surface area contributed by atoms with Crippen LogP contribution in [0.2, 0.25) is 0 Å². The fourth-order valence-electron chi connectivity index (χ4n) is 2.45. The van der Waals surface area contributed by atoms with E-state index in [1.807, 2.05) is 0 Å². The molecule has 0 saturated carbocycles. The van der Waals surface area contributed by atoms with Crippen molar-refractivity contribution in [3.05, 3.63) is 28.4 Å². The van der Waals surface area contributed by atoms with Crippen LogP contribution >= 0.6 is 0 Å². The first-order chi connectivity index (χ1) is 9.69. The van der Waals surface area contributed by atoms with Crippen LogP contribution in [0.5, 0.6) is 5.75 Å². The molecule has 1 atom stereocenters. The van der Waals surface area contributed by atoms with Gasteiger partial charge < -0.3 is 9.47 Å². The lowest BCUT2D eigenvalue weighted by Crippen LogP contribution is -2.18. The highest BCUT2D eigenvalue weighted by molar-refractivity contribution is 5.83. The lowest BCUT2D eigenvalue weighted by Gasteiger charge is -2.22. The molecule has 1 aliphatic rings. The first kappa shape index (κ1) is 12.9. The summed E-state index contributed by atoms with van der Waals surface area (Å²) in [5.41, 5.74) is 0.616. The van der Waals surface area contributed by atoms with Gasteiger partial charge in [-0.05, 0) is 19.3 Å². The van der Waals surface area contributed by atoms with Gasteiger partial charge in [-0.3, -0.25) is 10.1 Å². The van der Waals surface area contributed by atoms with E-state index in [0.717, 1.165) is 25.9 Å². The fourth-order valence-corrected chi connectivity index (χ4v) is 2.45. The molecule has 2 heterocycles. The van der Waals surface area contributed by atoms with E-state index < -0.39 is 4.92 Å². The molecule has 1 aromatic heterocycles. The summed E-state index contributed by atoms with van der Waals surface area (Å²) in [6, 6.07) is 3.08. The lowest BCUT2D eigenvalue weighted by molar-refractivity contribution is -0.385. The molecule has 2 aromatic rings. The molecule has 1 fully saturated rings. The zero-order valence-corrected chi connectivity index (χ0v) is 11.1. The van der Waals surface area contributed by atoms with Crippen molar-refractivity contribution in [3.8, 4) is 5.75 Å². The largest absolute Gasteiger partial charge is 0.490 e. The second kappa shape index (κ2) is 5.09. The smallest absolute Gasteiger partial charge is 0.311 e. The molecule has 20 heavy (non-hydrogen) atoms. The second-order valence-electron chi connectivity index (χ2n) is 4.77. The van der Waals surface area contributed by atoms with Crippen molar-refractivity contribution < 1.29 is 14.4 Å². The minimum absolute atomic E-state index is 0.0517. The van der Waals surface area contributed by atoms with Crippen LogP contribution in [0.25, 0.3) is 10.9 Å². The molecule has 0 spiro atoms. The van der Waals surface area contributed by atoms with Gasteiger partial charge >= 0.3 is 5.69 Å². The molecule has 1 saturated heterocycles. The van der Waals surface area contributed by atoms with Gasteiger partial charge in [-0.25, -0.2) is 4.68 Å². The Morgan fingerprint density at radius 1 is 1.50 bits per heavy atom. The predicted octanol–water partition coefficient (Wildman–Crippen LogP) is 2.65. The molecule has 0 N–H and O–H groups in total. The Hall–Kier alpha value is -2.15. The SMILES string of the molecule is COc1cc2nn(C3CCCCO3)cc2cc1[N+](=O)[O-]. The highest BCUT2D eigenvalue weighted by Crippen LogP contribution is 2.32. The van der Waals surface area contributed by atoms with E-state index in [2.05, 4.69) is 5.10 Å². The summed E-state index contributed by atoms with van der Waals surface area (Å²) in [5.74, 6) is 0.220. The molecule has 106 valence electrons. The van der Waals surface area contributed by atoms with Gasteiger partial charge in [0, 0.05) is 30.3 Å². The van der Waals surface area contributed by atoms with Crippen molar-refractivity contribution in [2.45, 2.75) is 25.5 Å². The maximum absolute atomic E-state index is 11.0. The zero-order chi connectivity index (χ0) is 14.1. The fraction of sp³-hybridized carbons (Fsp3) is 0.462. The molecular formula is C13H15N3O4. The quantitative estimate of drug-likeness (QED) is 0.636. The summed E-state index contributed by atoms with van der Waals surface area (Å²) in [7, 11) is 1.41. The van der Waals surface area contributed by atoms with Gasteiger partial charge in [-0.15, -0.1) is 0 Å². The third-order valence-corrected chi connectivity index (χ3v) is 3.47. The molecule has 1 unspecified atom stereocenters. The summed E-state index contributed by atoms with van der Waals surface area (Å²) < 4.78 is 12.5. The number of benzene rings is 1. The number of rotatable bonds is 3. The second-order valence-corrected chi connectivity index (χ2v) is 4.77. The summed E-state index contributed by atoms with van der Waals surface area (Å²) in [4.78, 5) is 10.6. The lowest BCUT2D eigenvalue weighted by atomic mass is 10.2. The normalized spacial score (nSPS) is 19.1. The molecule has 1 aromatic carbocycles. The van der Waals surface area contributed by atoms with E-state index in [1.165, 1.54) is 13.2 Å². The van der Waals surface area contributed by atoms with Gasteiger partial charge in [0.15, 0.2) is 5.75 Å². The van der Waals surface area contributed by atoms with Crippen molar-refractivity contribution in [1.29, 1.82) is 0 Å². The number of methoxy groups -OCH3 is 1. The molecule has 3 rings (SSSR count). The van der Waals surface area contributed by atoms with Crippen LogP contribution in [-0.2, 0) is 4.74 Å². The predicted molar refractivity (Wildman–Crippen MR) is 71.8 cm³/mol. The van der Waals surface area contributed by atoms with Gasteiger partial charge in [-0.2, -0.15) is 5.10 Å². The van der Waals surface area contributed by atoms with E-state index in [1.54, 1.807) is 16.9 Å². The summed E-state index contributed by atoms with van der Waals surface area (Å²) >= 11 is 0. The highest BCUT2D eigenvalue weighted by atomic mass is 16.6. The van der Waals surface area contributed by atoms with Crippen LogP contribution in [0.4, 0.5) is 5.69 Å². The number of nitro benzene ring substituents is 1. The molecule has 0 radical (unpaired) electrons. The molecule has 0 bridgehead atoms. The van der Waals surface area contributed by atoms with Gasteiger partial charge in [0.1, 0.15) is 6.23 Å². The molecule has 7 nitrogen and oxygen atoms in total. The van der Waals surface area contributed by atoms with Crippen LogP contribution < -0.4 is 4.74 Å². The van der Waals surface area contributed by atoms with E-state index in [9.17, 15) is 10.1 Å². The summed E-state index contributed by atoms with van der Waals surface area (Å²) in [5, 5.41) is 16.2. The summed E-state index contributed by atoms with van der Waals surface area (Å²) in [6.45, 7) is 0.727. The molecular weight excluding hydrogens is 262 g/mol. The van der Waals surface area contributed by atoms with Crippen LogP contribution in [-0.4, -0.2) is 28.4 Å². The maximum atomic E-state index is 11.0.